The molecule has 0 aromatic heterocycles. The molecule has 1 rings (SSSR count). The minimum absolute atomic E-state index is 0.103. The Balaban J connectivity index is 2.72. The van der Waals surface area contributed by atoms with Crippen molar-refractivity contribution in [3.63, 3.8) is 0 Å². The number of nitrogens with one attached hydrogen (secondary N) is 1. The Labute approximate surface area is 108 Å². The number of hydrogen-bond acceptors (Lipinski definition) is 4. The number of benzene rings is 1. The van der Waals surface area contributed by atoms with E-state index in [9.17, 15) is 10.1 Å². The Morgan fingerprint density at radius 2 is 2.31 bits per heavy atom. The highest BCUT2D eigenvalue weighted by molar-refractivity contribution is 14.1. The van der Waals surface area contributed by atoms with Crippen molar-refractivity contribution in [2.75, 3.05) is 11.9 Å². The van der Waals surface area contributed by atoms with Crippen molar-refractivity contribution >= 4 is 34.0 Å². The van der Waals surface area contributed by atoms with Crippen LogP contribution in [0.25, 0.3) is 0 Å². The standard InChI is InChI=1S/C10H14IN3O2/c1-2-7(12)6-13-10-4-3-8(14(15)16)5-9(10)11/h3-5,7,13H,2,6,12H2,1H3. The molecule has 6 heteroatoms. The lowest BCUT2D eigenvalue weighted by Gasteiger charge is -2.12. The van der Waals surface area contributed by atoms with Gasteiger partial charge in [-0.05, 0) is 35.1 Å². The van der Waals surface area contributed by atoms with E-state index < -0.39 is 4.92 Å². The highest BCUT2D eigenvalue weighted by Crippen LogP contribution is 2.23. The van der Waals surface area contributed by atoms with E-state index >= 15 is 0 Å². The number of halogens is 1. The van der Waals surface area contributed by atoms with Crippen LogP contribution in [0.2, 0.25) is 0 Å². The van der Waals surface area contributed by atoms with Crippen LogP contribution in [0.3, 0.4) is 0 Å². The Bertz CT molecular complexity index is 384. The van der Waals surface area contributed by atoms with Gasteiger partial charge < -0.3 is 11.1 Å². The van der Waals surface area contributed by atoms with Gasteiger partial charge in [0.15, 0.2) is 0 Å². The van der Waals surface area contributed by atoms with E-state index in [0.29, 0.717) is 6.54 Å². The summed E-state index contributed by atoms with van der Waals surface area (Å²) in [6.07, 6.45) is 0.899. The predicted molar refractivity (Wildman–Crippen MR) is 72.6 cm³/mol. The quantitative estimate of drug-likeness (QED) is 0.492. The number of hydrogen-bond donors (Lipinski definition) is 2. The van der Waals surface area contributed by atoms with Crippen molar-refractivity contribution < 1.29 is 4.92 Å². The largest absolute Gasteiger partial charge is 0.383 e. The molecule has 1 unspecified atom stereocenters. The van der Waals surface area contributed by atoms with Gasteiger partial charge in [0.25, 0.3) is 5.69 Å². The molecule has 0 bridgehead atoms. The van der Waals surface area contributed by atoms with Crippen LogP contribution in [-0.4, -0.2) is 17.5 Å². The minimum Gasteiger partial charge on any atom is -0.383 e. The molecule has 0 radical (unpaired) electrons. The normalized spacial score (nSPS) is 12.2. The zero-order valence-corrected chi connectivity index (χ0v) is 11.1. The van der Waals surface area contributed by atoms with Crippen LogP contribution in [0.4, 0.5) is 11.4 Å². The zero-order valence-electron chi connectivity index (χ0n) is 8.94. The molecule has 1 aromatic rings. The van der Waals surface area contributed by atoms with Crippen molar-refractivity contribution in [3.05, 3.63) is 31.9 Å². The topological polar surface area (TPSA) is 81.2 Å². The number of nitro benzene ring substituents is 1. The summed E-state index contributed by atoms with van der Waals surface area (Å²) in [5, 5.41) is 13.7. The third-order valence-corrected chi connectivity index (χ3v) is 3.14. The van der Waals surface area contributed by atoms with Gasteiger partial charge in [-0.2, -0.15) is 0 Å². The van der Waals surface area contributed by atoms with Crippen LogP contribution in [0.1, 0.15) is 13.3 Å². The Morgan fingerprint density at radius 3 is 2.81 bits per heavy atom. The molecular formula is C10H14IN3O2. The number of anilines is 1. The maximum Gasteiger partial charge on any atom is 0.270 e. The van der Waals surface area contributed by atoms with E-state index in [4.69, 9.17) is 5.73 Å². The fourth-order valence-electron chi connectivity index (χ4n) is 1.15. The number of non-ortho nitro benzene ring substituents is 1. The molecule has 0 aliphatic carbocycles. The molecule has 3 N–H and O–H groups in total. The lowest BCUT2D eigenvalue weighted by Crippen LogP contribution is -2.28. The van der Waals surface area contributed by atoms with Crippen LogP contribution in [0, 0.1) is 13.7 Å². The molecule has 0 saturated carbocycles. The van der Waals surface area contributed by atoms with Gasteiger partial charge in [-0.25, -0.2) is 0 Å². The monoisotopic (exact) mass is 335 g/mol. The van der Waals surface area contributed by atoms with Crippen LogP contribution in [0.5, 0.6) is 0 Å². The number of nitrogens with zero attached hydrogens (tertiary/aromatic N) is 1. The summed E-state index contributed by atoms with van der Waals surface area (Å²) in [6, 6.07) is 4.84. The highest BCUT2D eigenvalue weighted by atomic mass is 127. The number of rotatable bonds is 5. The van der Waals surface area contributed by atoms with Crippen LogP contribution < -0.4 is 11.1 Å². The van der Waals surface area contributed by atoms with E-state index in [-0.39, 0.29) is 11.7 Å². The van der Waals surface area contributed by atoms with Crippen LogP contribution >= 0.6 is 22.6 Å². The van der Waals surface area contributed by atoms with Gasteiger partial charge in [0, 0.05) is 34.0 Å². The number of nitrogens with two attached hydrogens (primary N) is 1. The molecule has 5 nitrogen and oxygen atoms in total. The second-order valence-electron chi connectivity index (χ2n) is 3.47. The summed E-state index contributed by atoms with van der Waals surface area (Å²) in [7, 11) is 0. The summed E-state index contributed by atoms with van der Waals surface area (Å²) in [6.45, 7) is 2.69. The molecule has 0 aliphatic heterocycles. The smallest absolute Gasteiger partial charge is 0.270 e. The minimum atomic E-state index is -0.399. The van der Waals surface area contributed by atoms with E-state index in [1.54, 1.807) is 12.1 Å². The SMILES string of the molecule is CCC(N)CNc1ccc([N+](=O)[O-])cc1I. The second-order valence-corrected chi connectivity index (χ2v) is 4.63. The van der Waals surface area contributed by atoms with E-state index in [1.165, 1.54) is 6.07 Å². The predicted octanol–water partition coefficient (Wildman–Crippen LogP) is 2.35. The van der Waals surface area contributed by atoms with Crippen molar-refractivity contribution in [2.24, 2.45) is 5.73 Å². The molecule has 0 amide bonds. The van der Waals surface area contributed by atoms with Crippen LogP contribution in [-0.2, 0) is 0 Å². The lowest BCUT2D eigenvalue weighted by molar-refractivity contribution is -0.384. The molecule has 0 spiro atoms. The Hall–Kier alpha value is -0.890. The molecule has 1 atom stereocenters. The molecule has 88 valence electrons. The van der Waals surface area contributed by atoms with E-state index in [2.05, 4.69) is 27.9 Å². The molecule has 0 fully saturated rings. The fraction of sp³-hybridized carbons (Fsp3) is 0.400. The molecular weight excluding hydrogens is 321 g/mol. The Morgan fingerprint density at radius 1 is 1.62 bits per heavy atom. The third-order valence-electron chi connectivity index (χ3n) is 2.24. The fourth-order valence-corrected chi connectivity index (χ4v) is 1.84. The Kier molecular flexibility index (Phi) is 4.94. The lowest BCUT2D eigenvalue weighted by atomic mass is 10.2. The van der Waals surface area contributed by atoms with Gasteiger partial charge >= 0.3 is 0 Å². The van der Waals surface area contributed by atoms with Gasteiger partial charge in [-0.3, -0.25) is 10.1 Å². The summed E-state index contributed by atoms with van der Waals surface area (Å²) in [5.74, 6) is 0. The van der Waals surface area contributed by atoms with Gasteiger partial charge in [-0.1, -0.05) is 6.92 Å². The molecule has 0 heterocycles. The van der Waals surface area contributed by atoms with Gasteiger partial charge in [-0.15, -0.1) is 0 Å². The summed E-state index contributed by atoms with van der Waals surface area (Å²) >= 11 is 2.07. The van der Waals surface area contributed by atoms with Crippen molar-refractivity contribution in [2.45, 2.75) is 19.4 Å². The average Bonchev–Trinajstić information content (AvgIpc) is 2.26. The van der Waals surface area contributed by atoms with Crippen molar-refractivity contribution in [1.29, 1.82) is 0 Å². The summed E-state index contributed by atoms with van der Waals surface area (Å²) in [4.78, 5) is 10.1. The maximum absolute atomic E-state index is 10.5. The van der Waals surface area contributed by atoms with Crippen molar-refractivity contribution in [3.8, 4) is 0 Å². The van der Waals surface area contributed by atoms with Gasteiger partial charge in [0.1, 0.15) is 0 Å². The summed E-state index contributed by atoms with van der Waals surface area (Å²) < 4.78 is 0.829. The molecule has 1 aromatic carbocycles. The average molecular weight is 335 g/mol. The first-order valence-electron chi connectivity index (χ1n) is 4.98. The van der Waals surface area contributed by atoms with E-state index in [0.717, 1.165) is 15.7 Å². The second kappa shape index (κ2) is 6.00. The van der Waals surface area contributed by atoms with Crippen molar-refractivity contribution in [1.82, 2.24) is 0 Å². The molecule has 0 aliphatic rings. The molecule has 0 saturated heterocycles. The number of nitro groups is 1. The maximum atomic E-state index is 10.5. The van der Waals surface area contributed by atoms with Crippen LogP contribution in [0.15, 0.2) is 18.2 Å². The molecule has 16 heavy (non-hydrogen) atoms. The third kappa shape index (κ3) is 3.60. The first kappa shape index (κ1) is 13.2. The van der Waals surface area contributed by atoms with E-state index in [1.807, 2.05) is 6.92 Å². The first-order valence-corrected chi connectivity index (χ1v) is 6.06. The summed E-state index contributed by atoms with van der Waals surface area (Å²) in [5.41, 5.74) is 6.77. The zero-order chi connectivity index (χ0) is 12.1. The first-order chi connectivity index (χ1) is 7.54. The highest BCUT2D eigenvalue weighted by Gasteiger charge is 2.09. The van der Waals surface area contributed by atoms with Gasteiger partial charge in [0.2, 0.25) is 0 Å². The van der Waals surface area contributed by atoms with Gasteiger partial charge in [0.05, 0.1) is 4.92 Å².